The minimum Gasteiger partial charge on any atom is -0.336 e. The molecule has 1 aromatic heterocycles. The molecule has 4 rings (SSSR count). The fourth-order valence-electron chi connectivity index (χ4n) is 3.32. The molecule has 1 amide bonds. The van der Waals surface area contributed by atoms with E-state index in [9.17, 15) is 9.18 Å². The van der Waals surface area contributed by atoms with E-state index in [2.05, 4.69) is 32.3 Å². The van der Waals surface area contributed by atoms with Crippen LogP contribution in [-0.2, 0) is 6.54 Å². The second-order valence-corrected chi connectivity index (χ2v) is 6.95. The lowest BCUT2D eigenvalue weighted by Crippen LogP contribution is -2.48. The fourth-order valence-corrected chi connectivity index (χ4v) is 3.32. The van der Waals surface area contributed by atoms with Gasteiger partial charge in [0.05, 0.1) is 11.3 Å². The van der Waals surface area contributed by atoms with Gasteiger partial charge in [-0.05, 0) is 17.7 Å². The van der Waals surface area contributed by atoms with Crippen LogP contribution in [0.1, 0.15) is 15.9 Å². The number of piperazine rings is 1. The van der Waals surface area contributed by atoms with Crippen molar-refractivity contribution in [3.63, 3.8) is 0 Å². The molecule has 1 aliphatic rings. The number of halogens is 1. The number of hydrogen-bond donors (Lipinski definition) is 1. The largest absolute Gasteiger partial charge is 0.336 e. The summed E-state index contributed by atoms with van der Waals surface area (Å²) in [5.41, 5.74) is 2.00. The van der Waals surface area contributed by atoms with Gasteiger partial charge in [0, 0.05) is 45.1 Å². The van der Waals surface area contributed by atoms with Gasteiger partial charge in [0.1, 0.15) is 5.82 Å². The van der Waals surface area contributed by atoms with Gasteiger partial charge >= 0.3 is 0 Å². The molecule has 1 aliphatic heterocycles. The van der Waals surface area contributed by atoms with Gasteiger partial charge in [0.2, 0.25) is 5.95 Å². The third kappa shape index (κ3) is 4.75. The predicted molar refractivity (Wildman–Crippen MR) is 109 cm³/mol. The molecule has 1 N–H and O–H groups in total. The van der Waals surface area contributed by atoms with Crippen molar-refractivity contribution in [3.8, 4) is 0 Å². The number of anilines is 2. The highest BCUT2D eigenvalue weighted by molar-refractivity contribution is 5.93. The number of aromatic nitrogens is 2. The Bertz CT molecular complexity index is 956. The molecule has 0 spiro atoms. The minimum atomic E-state index is -0.385. The first-order valence-electron chi connectivity index (χ1n) is 9.58. The van der Waals surface area contributed by atoms with E-state index in [-0.39, 0.29) is 17.7 Å². The van der Waals surface area contributed by atoms with Crippen LogP contribution in [0.15, 0.2) is 67.0 Å². The first-order valence-corrected chi connectivity index (χ1v) is 9.58. The van der Waals surface area contributed by atoms with Crippen molar-refractivity contribution in [2.75, 3.05) is 31.5 Å². The summed E-state index contributed by atoms with van der Waals surface area (Å²) in [6.07, 6.45) is 2.96. The minimum absolute atomic E-state index is 0.0817. The number of amides is 1. The molecule has 0 atom stereocenters. The van der Waals surface area contributed by atoms with Crippen molar-refractivity contribution in [1.82, 2.24) is 19.8 Å². The number of carbonyl (C=O) groups is 1. The molecular formula is C22H22FN5O. The van der Waals surface area contributed by atoms with Crippen molar-refractivity contribution < 1.29 is 9.18 Å². The van der Waals surface area contributed by atoms with Gasteiger partial charge in [0.15, 0.2) is 0 Å². The lowest BCUT2D eigenvalue weighted by atomic mass is 10.2. The van der Waals surface area contributed by atoms with Crippen LogP contribution < -0.4 is 5.32 Å². The zero-order valence-corrected chi connectivity index (χ0v) is 16.0. The second kappa shape index (κ2) is 8.79. The average molecular weight is 391 g/mol. The highest BCUT2D eigenvalue weighted by atomic mass is 19.1. The Morgan fingerprint density at radius 3 is 2.28 bits per heavy atom. The van der Waals surface area contributed by atoms with Gasteiger partial charge in [-0.1, -0.05) is 42.5 Å². The predicted octanol–water partition coefficient (Wildman–Crippen LogP) is 3.32. The Morgan fingerprint density at radius 2 is 1.59 bits per heavy atom. The number of rotatable bonds is 5. The van der Waals surface area contributed by atoms with Crippen LogP contribution in [0.2, 0.25) is 0 Å². The summed E-state index contributed by atoms with van der Waals surface area (Å²) in [6.45, 7) is 3.88. The van der Waals surface area contributed by atoms with E-state index in [0.717, 1.165) is 19.6 Å². The summed E-state index contributed by atoms with van der Waals surface area (Å²) >= 11 is 0. The maximum atomic E-state index is 13.7. The highest BCUT2D eigenvalue weighted by Gasteiger charge is 2.22. The Balaban J connectivity index is 1.32. The number of benzene rings is 2. The molecule has 0 aliphatic carbocycles. The topological polar surface area (TPSA) is 61.4 Å². The number of carbonyl (C=O) groups excluding carboxylic acids is 1. The van der Waals surface area contributed by atoms with Gasteiger partial charge in [-0.2, -0.15) is 0 Å². The first kappa shape index (κ1) is 19.0. The van der Waals surface area contributed by atoms with Crippen molar-refractivity contribution in [1.29, 1.82) is 0 Å². The zero-order valence-electron chi connectivity index (χ0n) is 16.0. The van der Waals surface area contributed by atoms with Gasteiger partial charge in [0.25, 0.3) is 5.91 Å². The maximum absolute atomic E-state index is 13.7. The van der Waals surface area contributed by atoms with Crippen LogP contribution in [0.25, 0.3) is 0 Å². The van der Waals surface area contributed by atoms with Gasteiger partial charge in [-0.25, -0.2) is 14.4 Å². The van der Waals surface area contributed by atoms with E-state index in [4.69, 9.17) is 0 Å². The summed E-state index contributed by atoms with van der Waals surface area (Å²) in [5.74, 6) is -0.217. The number of para-hydroxylation sites is 1. The van der Waals surface area contributed by atoms with E-state index in [1.807, 2.05) is 23.1 Å². The normalized spacial score (nSPS) is 14.6. The van der Waals surface area contributed by atoms with Gasteiger partial charge < -0.3 is 10.2 Å². The number of nitrogens with zero attached hydrogens (tertiary/aromatic N) is 4. The molecule has 1 saturated heterocycles. The molecule has 0 bridgehead atoms. The standard InChI is InChI=1S/C22H22FN5O/c23-19-8-4-5-9-20(19)26-22-24-14-18(15-25-22)21(29)28-12-10-27(11-13-28)16-17-6-2-1-3-7-17/h1-9,14-15H,10-13,16H2,(H,24,25,26). The van der Waals surface area contributed by atoms with Crippen LogP contribution in [0, 0.1) is 5.82 Å². The summed E-state index contributed by atoms with van der Waals surface area (Å²) < 4.78 is 13.7. The Hall–Kier alpha value is -3.32. The summed E-state index contributed by atoms with van der Waals surface area (Å²) in [7, 11) is 0. The van der Waals surface area contributed by atoms with Crippen LogP contribution in [0.4, 0.5) is 16.0 Å². The molecule has 3 aromatic rings. The van der Waals surface area contributed by atoms with Gasteiger partial charge in [-0.15, -0.1) is 0 Å². The SMILES string of the molecule is O=C(c1cnc(Nc2ccccc2F)nc1)N1CCN(Cc2ccccc2)CC1. The molecule has 148 valence electrons. The Kier molecular flexibility index (Phi) is 5.76. The van der Waals surface area contributed by atoms with Crippen molar-refractivity contribution in [2.45, 2.75) is 6.54 Å². The second-order valence-electron chi connectivity index (χ2n) is 6.95. The van der Waals surface area contributed by atoms with E-state index in [1.165, 1.54) is 24.0 Å². The van der Waals surface area contributed by atoms with E-state index in [1.54, 1.807) is 18.2 Å². The molecule has 6 nitrogen and oxygen atoms in total. The monoisotopic (exact) mass is 391 g/mol. The third-order valence-corrected chi connectivity index (χ3v) is 4.93. The molecule has 0 unspecified atom stereocenters. The highest BCUT2D eigenvalue weighted by Crippen LogP contribution is 2.17. The number of hydrogen-bond acceptors (Lipinski definition) is 5. The summed E-state index contributed by atoms with van der Waals surface area (Å²) in [6, 6.07) is 16.6. The van der Waals surface area contributed by atoms with Crippen LogP contribution in [0.3, 0.4) is 0 Å². The fraction of sp³-hybridized carbons (Fsp3) is 0.227. The number of nitrogens with one attached hydrogen (secondary N) is 1. The zero-order chi connectivity index (χ0) is 20.1. The lowest BCUT2D eigenvalue weighted by Gasteiger charge is -2.34. The average Bonchev–Trinajstić information content (AvgIpc) is 2.77. The van der Waals surface area contributed by atoms with Crippen LogP contribution in [0.5, 0.6) is 0 Å². The molecule has 0 saturated carbocycles. The van der Waals surface area contributed by atoms with Crippen LogP contribution >= 0.6 is 0 Å². The Morgan fingerprint density at radius 1 is 0.931 bits per heavy atom. The smallest absolute Gasteiger partial charge is 0.257 e. The lowest BCUT2D eigenvalue weighted by molar-refractivity contribution is 0.0627. The first-order chi connectivity index (χ1) is 14.2. The molecule has 1 fully saturated rings. The van der Waals surface area contributed by atoms with E-state index >= 15 is 0 Å². The molecular weight excluding hydrogens is 369 g/mol. The van der Waals surface area contributed by atoms with Crippen molar-refractivity contribution in [3.05, 3.63) is 83.9 Å². The van der Waals surface area contributed by atoms with Crippen molar-refractivity contribution >= 4 is 17.5 Å². The van der Waals surface area contributed by atoms with Crippen molar-refractivity contribution in [2.24, 2.45) is 0 Å². The van der Waals surface area contributed by atoms with E-state index < -0.39 is 0 Å². The summed E-state index contributed by atoms with van der Waals surface area (Å²) in [4.78, 5) is 25.2. The Labute approximate surface area is 169 Å². The molecule has 2 heterocycles. The molecule has 2 aromatic carbocycles. The van der Waals surface area contributed by atoms with Crippen LogP contribution in [-0.4, -0.2) is 51.9 Å². The summed E-state index contributed by atoms with van der Waals surface area (Å²) in [5, 5.41) is 2.82. The molecule has 29 heavy (non-hydrogen) atoms. The third-order valence-electron chi connectivity index (χ3n) is 4.93. The molecule has 7 heteroatoms. The quantitative estimate of drug-likeness (QED) is 0.723. The maximum Gasteiger partial charge on any atom is 0.257 e. The molecule has 0 radical (unpaired) electrons. The van der Waals surface area contributed by atoms with E-state index in [0.29, 0.717) is 24.3 Å². The van der Waals surface area contributed by atoms with Gasteiger partial charge in [-0.3, -0.25) is 9.69 Å².